The molecule has 24 heavy (non-hydrogen) atoms. The van der Waals surface area contributed by atoms with Crippen LogP contribution in [0.1, 0.15) is 22.0 Å². The molecule has 0 aliphatic carbocycles. The Hall–Kier alpha value is -2.53. The quantitative estimate of drug-likeness (QED) is 0.849. The van der Waals surface area contributed by atoms with Crippen LogP contribution in [-0.2, 0) is 0 Å². The second-order valence-corrected chi connectivity index (χ2v) is 5.64. The van der Waals surface area contributed by atoms with Crippen LogP contribution < -0.4 is 14.8 Å². The maximum absolute atomic E-state index is 12.7. The summed E-state index contributed by atoms with van der Waals surface area (Å²) in [6, 6.07) is 15.5. The van der Waals surface area contributed by atoms with E-state index in [2.05, 4.69) is 22.3 Å². The molecule has 0 heterocycles. The third-order valence-electron chi connectivity index (χ3n) is 3.92. The molecule has 0 bridgehead atoms. The fraction of sp³-hybridized carbons (Fsp3) is 0.316. The van der Waals surface area contributed by atoms with Gasteiger partial charge in [-0.3, -0.25) is 4.79 Å². The van der Waals surface area contributed by atoms with Crippen molar-refractivity contribution in [2.75, 3.05) is 34.9 Å². The molecule has 0 spiro atoms. The van der Waals surface area contributed by atoms with E-state index in [9.17, 15) is 4.79 Å². The molecule has 0 saturated carbocycles. The normalized spacial score (nSPS) is 11.9. The molecular formula is C19H24N2O3. The molecule has 0 saturated heterocycles. The molecule has 0 aliphatic rings. The number of carbonyl (C=O) groups is 1. The van der Waals surface area contributed by atoms with Gasteiger partial charge in [-0.25, -0.2) is 0 Å². The summed E-state index contributed by atoms with van der Waals surface area (Å²) in [4.78, 5) is 14.8. The third kappa shape index (κ3) is 4.06. The number of methoxy groups -OCH3 is 2. The second-order valence-electron chi connectivity index (χ2n) is 5.64. The molecule has 0 fully saturated rings. The number of carbonyl (C=O) groups excluding carboxylic acids is 1. The van der Waals surface area contributed by atoms with E-state index >= 15 is 0 Å². The lowest BCUT2D eigenvalue weighted by Crippen LogP contribution is -2.34. The predicted molar refractivity (Wildman–Crippen MR) is 94.7 cm³/mol. The van der Waals surface area contributed by atoms with E-state index < -0.39 is 0 Å². The van der Waals surface area contributed by atoms with Crippen LogP contribution in [0.4, 0.5) is 0 Å². The second kappa shape index (κ2) is 8.36. The van der Waals surface area contributed by atoms with Gasteiger partial charge in [0.1, 0.15) is 17.1 Å². The highest BCUT2D eigenvalue weighted by Gasteiger charge is 2.20. The first-order valence-electron chi connectivity index (χ1n) is 7.79. The van der Waals surface area contributed by atoms with Gasteiger partial charge in [-0.1, -0.05) is 36.4 Å². The minimum Gasteiger partial charge on any atom is -0.496 e. The van der Waals surface area contributed by atoms with Crippen molar-refractivity contribution in [3.05, 3.63) is 59.7 Å². The number of amides is 1. The Balaban J connectivity index is 2.18. The number of nitrogens with zero attached hydrogens (tertiary/aromatic N) is 1. The van der Waals surface area contributed by atoms with Crippen molar-refractivity contribution >= 4 is 5.91 Å². The smallest absolute Gasteiger partial charge is 0.258 e. The van der Waals surface area contributed by atoms with Crippen LogP contribution >= 0.6 is 0 Å². The van der Waals surface area contributed by atoms with E-state index in [1.165, 1.54) is 14.2 Å². The Morgan fingerprint density at radius 3 is 2.08 bits per heavy atom. The number of hydrogen-bond donors (Lipinski definition) is 1. The highest BCUT2D eigenvalue weighted by molar-refractivity contribution is 5.99. The first-order chi connectivity index (χ1) is 11.6. The fourth-order valence-electron chi connectivity index (χ4n) is 2.63. The maximum Gasteiger partial charge on any atom is 0.258 e. The van der Waals surface area contributed by atoms with Crippen molar-refractivity contribution in [3.63, 3.8) is 0 Å². The molecule has 2 aromatic carbocycles. The van der Waals surface area contributed by atoms with E-state index in [0.29, 0.717) is 23.6 Å². The Bertz CT molecular complexity index is 649. The van der Waals surface area contributed by atoms with E-state index in [4.69, 9.17) is 9.47 Å². The highest BCUT2D eigenvalue weighted by atomic mass is 16.5. The molecule has 0 radical (unpaired) electrons. The van der Waals surface area contributed by atoms with Crippen LogP contribution in [0.25, 0.3) is 0 Å². The van der Waals surface area contributed by atoms with Gasteiger partial charge in [0, 0.05) is 6.54 Å². The Kier molecular flexibility index (Phi) is 6.21. The summed E-state index contributed by atoms with van der Waals surface area (Å²) in [6.45, 7) is 0.483. The zero-order valence-corrected chi connectivity index (χ0v) is 14.6. The van der Waals surface area contributed by atoms with E-state index in [0.717, 1.165) is 5.56 Å². The molecule has 128 valence electrons. The van der Waals surface area contributed by atoms with Crippen LogP contribution in [0, 0.1) is 0 Å². The molecule has 1 amide bonds. The van der Waals surface area contributed by atoms with E-state index in [-0.39, 0.29) is 11.9 Å². The first-order valence-corrected chi connectivity index (χ1v) is 7.79. The number of likely N-dealkylation sites (N-methyl/N-ethyl adjacent to an activating group) is 1. The number of hydrogen-bond acceptors (Lipinski definition) is 4. The van der Waals surface area contributed by atoms with Gasteiger partial charge in [-0.05, 0) is 31.8 Å². The molecule has 5 nitrogen and oxygen atoms in total. The van der Waals surface area contributed by atoms with Crippen molar-refractivity contribution in [1.29, 1.82) is 0 Å². The minimum atomic E-state index is -0.216. The molecule has 2 aromatic rings. The lowest BCUT2D eigenvalue weighted by atomic mass is 10.1. The summed E-state index contributed by atoms with van der Waals surface area (Å²) in [5.41, 5.74) is 1.56. The average Bonchev–Trinajstić information content (AvgIpc) is 2.61. The van der Waals surface area contributed by atoms with Crippen molar-refractivity contribution in [2.24, 2.45) is 0 Å². The van der Waals surface area contributed by atoms with Crippen LogP contribution in [-0.4, -0.2) is 45.7 Å². The standard InChI is InChI=1S/C19H24N2O3/c1-21(2)15(14-9-6-5-7-10-14)13-20-19(22)18-16(23-3)11-8-12-17(18)24-4/h5-12,15H,13H2,1-4H3,(H,20,22). The highest BCUT2D eigenvalue weighted by Crippen LogP contribution is 2.28. The van der Waals surface area contributed by atoms with Gasteiger partial charge in [0.2, 0.25) is 0 Å². The monoisotopic (exact) mass is 328 g/mol. The van der Waals surface area contributed by atoms with Gasteiger partial charge >= 0.3 is 0 Å². The molecule has 1 atom stereocenters. The van der Waals surface area contributed by atoms with Crippen molar-refractivity contribution in [2.45, 2.75) is 6.04 Å². The van der Waals surface area contributed by atoms with Crippen molar-refractivity contribution in [1.82, 2.24) is 10.2 Å². The zero-order chi connectivity index (χ0) is 17.5. The zero-order valence-electron chi connectivity index (χ0n) is 14.6. The van der Waals surface area contributed by atoms with Gasteiger partial charge in [0.05, 0.1) is 20.3 Å². The summed E-state index contributed by atoms with van der Waals surface area (Å²) >= 11 is 0. The first kappa shape index (κ1) is 17.8. The van der Waals surface area contributed by atoms with Gasteiger partial charge in [-0.15, -0.1) is 0 Å². The number of benzene rings is 2. The molecular weight excluding hydrogens is 304 g/mol. The fourth-order valence-corrected chi connectivity index (χ4v) is 2.63. The van der Waals surface area contributed by atoms with Crippen LogP contribution in [0.5, 0.6) is 11.5 Å². The Labute approximate surface area is 143 Å². The number of rotatable bonds is 7. The van der Waals surface area contributed by atoms with Crippen molar-refractivity contribution < 1.29 is 14.3 Å². The maximum atomic E-state index is 12.7. The van der Waals surface area contributed by atoms with Gasteiger partial charge in [0.25, 0.3) is 5.91 Å². The summed E-state index contributed by atoms with van der Waals surface area (Å²) in [6.07, 6.45) is 0. The molecule has 0 aromatic heterocycles. The average molecular weight is 328 g/mol. The predicted octanol–water partition coefficient (Wildman–Crippen LogP) is 2.74. The topological polar surface area (TPSA) is 50.8 Å². The molecule has 1 unspecified atom stereocenters. The van der Waals surface area contributed by atoms with Gasteiger partial charge in [-0.2, -0.15) is 0 Å². The summed E-state index contributed by atoms with van der Waals surface area (Å²) in [5, 5.41) is 2.99. The molecule has 5 heteroatoms. The molecule has 0 aliphatic heterocycles. The van der Waals surface area contributed by atoms with Crippen molar-refractivity contribution in [3.8, 4) is 11.5 Å². The SMILES string of the molecule is COc1cccc(OC)c1C(=O)NCC(c1ccccc1)N(C)C. The van der Waals surface area contributed by atoms with E-state index in [1.54, 1.807) is 18.2 Å². The van der Waals surface area contributed by atoms with Crippen LogP contribution in [0.15, 0.2) is 48.5 Å². The lowest BCUT2D eigenvalue weighted by molar-refractivity contribution is 0.0935. The largest absolute Gasteiger partial charge is 0.496 e. The number of ether oxygens (including phenoxy) is 2. The van der Waals surface area contributed by atoms with Crippen LogP contribution in [0.3, 0.4) is 0 Å². The summed E-state index contributed by atoms with van der Waals surface area (Å²) in [7, 11) is 7.07. The number of nitrogens with one attached hydrogen (secondary N) is 1. The minimum absolute atomic E-state index is 0.0795. The Morgan fingerprint density at radius 2 is 1.58 bits per heavy atom. The van der Waals surface area contributed by atoms with Gasteiger partial charge < -0.3 is 19.7 Å². The summed E-state index contributed by atoms with van der Waals surface area (Å²) < 4.78 is 10.6. The van der Waals surface area contributed by atoms with Crippen LogP contribution in [0.2, 0.25) is 0 Å². The summed E-state index contributed by atoms with van der Waals surface area (Å²) in [5.74, 6) is 0.771. The third-order valence-corrected chi connectivity index (χ3v) is 3.92. The van der Waals surface area contributed by atoms with E-state index in [1.807, 2.05) is 32.3 Å². The van der Waals surface area contributed by atoms with Gasteiger partial charge in [0.15, 0.2) is 0 Å². The molecule has 1 N–H and O–H groups in total. The Morgan fingerprint density at radius 1 is 1.00 bits per heavy atom. The lowest BCUT2D eigenvalue weighted by Gasteiger charge is -2.25. The molecule has 2 rings (SSSR count).